The number of anilines is 1. The second-order valence-electron chi connectivity index (χ2n) is 6.30. The third-order valence-electron chi connectivity index (χ3n) is 4.94. The number of carbonyl (C=O) groups is 1. The van der Waals surface area contributed by atoms with Crippen molar-refractivity contribution in [1.29, 1.82) is 0 Å². The Kier molecular flexibility index (Phi) is 4.73. The first-order valence-corrected chi connectivity index (χ1v) is 8.24. The van der Waals surface area contributed by atoms with Crippen LogP contribution < -0.4 is 15.4 Å². The number of hydrogen-bond acceptors (Lipinski definition) is 5. The van der Waals surface area contributed by atoms with Crippen LogP contribution in [0.15, 0.2) is 12.1 Å². The third kappa shape index (κ3) is 3.14. The SMILES string of the molecule is COc1ccc(N2CCN(C)CC2)c2c1CCN(C(=O)CN)C2. The van der Waals surface area contributed by atoms with Crippen LogP contribution >= 0.6 is 0 Å². The number of rotatable bonds is 3. The van der Waals surface area contributed by atoms with E-state index < -0.39 is 0 Å². The minimum Gasteiger partial charge on any atom is -0.496 e. The molecular formula is C17H26N4O2. The van der Waals surface area contributed by atoms with Gasteiger partial charge in [-0.15, -0.1) is 0 Å². The van der Waals surface area contributed by atoms with Crippen LogP contribution in [0.4, 0.5) is 5.69 Å². The highest BCUT2D eigenvalue weighted by atomic mass is 16.5. The van der Waals surface area contributed by atoms with Crippen LogP contribution in [0.5, 0.6) is 5.75 Å². The first-order chi connectivity index (χ1) is 11.1. The predicted octanol–water partition coefficient (Wildman–Crippen LogP) is 0.290. The van der Waals surface area contributed by atoms with Crippen LogP contribution in [0.3, 0.4) is 0 Å². The largest absolute Gasteiger partial charge is 0.496 e. The number of nitrogens with two attached hydrogens (primary N) is 1. The molecule has 1 aromatic rings. The van der Waals surface area contributed by atoms with Gasteiger partial charge in [-0.3, -0.25) is 4.79 Å². The predicted molar refractivity (Wildman–Crippen MR) is 90.9 cm³/mol. The molecule has 0 spiro atoms. The molecule has 6 heteroatoms. The molecular weight excluding hydrogens is 292 g/mol. The molecule has 0 aromatic heterocycles. The van der Waals surface area contributed by atoms with Gasteiger partial charge >= 0.3 is 0 Å². The van der Waals surface area contributed by atoms with Crippen molar-refractivity contribution in [2.45, 2.75) is 13.0 Å². The van der Waals surface area contributed by atoms with E-state index in [-0.39, 0.29) is 12.5 Å². The van der Waals surface area contributed by atoms with Crippen molar-refractivity contribution in [2.24, 2.45) is 5.73 Å². The lowest BCUT2D eigenvalue weighted by Gasteiger charge is -2.38. The lowest BCUT2D eigenvalue weighted by molar-refractivity contribution is -0.130. The summed E-state index contributed by atoms with van der Waals surface area (Å²) in [7, 11) is 3.87. The second kappa shape index (κ2) is 6.76. The van der Waals surface area contributed by atoms with Crippen LogP contribution in [0, 0.1) is 0 Å². The Morgan fingerprint density at radius 1 is 1.17 bits per heavy atom. The van der Waals surface area contributed by atoms with E-state index in [0.717, 1.165) is 38.3 Å². The fourth-order valence-electron chi connectivity index (χ4n) is 3.50. The summed E-state index contributed by atoms with van der Waals surface area (Å²) in [6, 6.07) is 4.20. The molecule has 126 valence electrons. The van der Waals surface area contributed by atoms with Crippen molar-refractivity contribution in [1.82, 2.24) is 9.80 Å². The van der Waals surface area contributed by atoms with Crippen LogP contribution in [-0.2, 0) is 17.8 Å². The number of likely N-dealkylation sites (N-methyl/N-ethyl adjacent to an activating group) is 1. The molecule has 6 nitrogen and oxygen atoms in total. The summed E-state index contributed by atoms with van der Waals surface area (Å²) in [5.41, 5.74) is 9.25. The van der Waals surface area contributed by atoms with Crippen molar-refractivity contribution in [3.63, 3.8) is 0 Å². The van der Waals surface area contributed by atoms with Gasteiger partial charge in [-0.25, -0.2) is 0 Å². The van der Waals surface area contributed by atoms with Crippen LogP contribution in [-0.4, -0.2) is 69.1 Å². The van der Waals surface area contributed by atoms with Gasteiger partial charge in [-0.05, 0) is 25.6 Å². The Morgan fingerprint density at radius 2 is 1.91 bits per heavy atom. The van der Waals surface area contributed by atoms with Crippen molar-refractivity contribution < 1.29 is 9.53 Å². The van der Waals surface area contributed by atoms with Gasteiger partial charge in [-0.1, -0.05) is 0 Å². The van der Waals surface area contributed by atoms with Gasteiger partial charge in [0.05, 0.1) is 13.7 Å². The molecule has 1 saturated heterocycles. The Balaban J connectivity index is 1.93. The number of nitrogens with zero attached hydrogens (tertiary/aromatic N) is 3. The van der Waals surface area contributed by atoms with Gasteiger partial charge in [0.2, 0.25) is 5.91 Å². The van der Waals surface area contributed by atoms with Crippen LogP contribution in [0.2, 0.25) is 0 Å². The van der Waals surface area contributed by atoms with Crippen LogP contribution in [0.1, 0.15) is 11.1 Å². The molecule has 2 aliphatic rings. The maximum atomic E-state index is 12.0. The highest BCUT2D eigenvalue weighted by Crippen LogP contribution is 2.35. The van der Waals surface area contributed by atoms with E-state index in [1.54, 1.807) is 7.11 Å². The fraction of sp³-hybridized carbons (Fsp3) is 0.588. The lowest BCUT2D eigenvalue weighted by atomic mass is 9.95. The summed E-state index contributed by atoms with van der Waals surface area (Å²) >= 11 is 0. The molecule has 0 radical (unpaired) electrons. The van der Waals surface area contributed by atoms with E-state index in [2.05, 4.69) is 29.0 Å². The number of ether oxygens (including phenoxy) is 1. The standard InChI is InChI=1S/C17H26N4O2/c1-19-7-9-20(10-8-19)15-3-4-16(23-2)13-5-6-21(12-14(13)15)17(22)11-18/h3-4H,5-12,18H2,1-2H3. The number of hydrogen-bond donors (Lipinski definition) is 1. The van der Waals surface area contributed by atoms with Gasteiger partial charge in [0.25, 0.3) is 0 Å². The molecule has 0 saturated carbocycles. The van der Waals surface area contributed by atoms with Gasteiger partial charge in [-0.2, -0.15) is 0 Å². The third-order valence-corrected chi connectivity index (χ3v) is 4.94. The molecule has 2 heterocycles. The molecule has 1 amide bonds. The Labute approximate surface area is 137 Å². The van der Waals surface area contributed by atoms with E-state index in [9.17, 15) is 4.79 Å². The van der Waals surface area contributed by atoms with Crippen molar-refractivity contribution in [3.8, 4) is 5.75 Å². The number of methoxy groups -OCH3 is 1. The van der Waals surface area contributed by atoms with Gasteiger partial charge in [0.15, 0.2) is 0 Å². The molecule has 2 aliphatic heterocycles. The summed E-state index contributed by atoms with van der Waals surface area (Å²) in [5, 5.41) is 0. The summed E-state index contributed by atoms with van der Waals surface area (Å²) in [4.78, 5) is 18.6. The normalized spacial score (nSPS) is 18.7. The molecule has 1 fully saturated rings. The zero-order valence-electron chi connectivity index (χ0n) is 14.0. The molecule has 23 heavy (non-hydrogen) atoms. The first-order valence-electron chi connectivity index (χ1n) is 8.24. The van der Waals surface area contributed by atoms with E-state index in [1.165, 1.54) is 16.8 Å². The van der Waals surface area contributed by atoms with E-state index in [4.69, 9.17) is 10.5 Å². The van der Waals surface area contributed by atoms with Gasteiger partial charge < -0.3 is 25.2 Å². The molecule has 2 N–H and O–H groups in total. The fourth-order valence-corrected chi connectivity index (χ4v) is 3.50. The Hall–Kier alpha value is -1.79. The average molecular weight is 318 g/mol. The number of carbonyl (C=O) groups excluding carboxylic acids is 1. The van der Waals surface area contributed by atoms with E-state index in [0.29, 0.717) is 13.1 Å². The zero-order chi connectivity index (χ0) is 16.4. The number of piperazine rings is 1. The average Bonchev–Trinajstić information content (AvgIpc) is 2.60. The maximum absolute atomic E-state index is 12.0. The molecule has 0 atom stereocenters. The van der Waals surface area contributed by atoms with Gasteiger partial charge in [0.1, 0.15) is 5.75 Å². The first kappa shape index (κ1) is 16.1. The zero-order valence-corrected chi connectivity index (χ0v) is 14.0. The van der Waals surface area contributed by atoms with Crippen molar-refractivity contribution in [3.05, 3.63) is 23.3 Å². The van der Waals surface area contributed by atoms with Crippen molar-refractivity contribution in [2.75, 3.05) is 58.3 Å². The molecule has 0 unspecified atom stereocenters. The monoisotopic (exact) mass is 318 g/mol. The second-order valence-corrected chi connectivity index (χ2v) is 6.30. The minimum atomic E-state index is 0.0165. The Morgan fingerprint density at radius 3 is 2.57 bits per heavy atom. The Bertz CT molecular complexity index is 582. The number of fused-ring (bicyclic) bond motifs is 1. The molecule has 0 bridgehead atoms. The van der Waals surface area contributed by atoms with E-state index in [1.807, 2.05) is 4.90 Å². The molecule has 1 aromatic carbocycles. The highest BCUT2D eigenvalue weighted by Gasteiger charge is 2.27. The van der Waals surface area contributed by atoms with Crippen LogP contribution in [0.25, 0.3) is 0 Å². The number of benzene rings is 1. The number of amides is 1. The summed E-state index contributed by atoms with van der Waals surface area (Å²) in [6.07, 6.45) is 0.825. The lowest BCUT2D eigenvalue weighted by Crippen LogP contribution is -2.46. The van der Waals surface area contributed by atoms with E-state index >= 15 is 0 Å². The minimum absolute atomic E-state index is 0.0165. The quantitative estimate of drug-likeness (QED) is 0.868. The van der Waals surface area contributed by atoms with Crippen molar-refractivity contribution >= 4 is 11.6 Å². The summed E-state index contributed by atoms with van der Waals surface area (Å²) in [6.45, 7) is 5.57. The smallest absolute Gasteiger partial charge is 0.236 e. The topological polar surface area (TPSA) is 62.0 Å². The molecule has 3 rings (SSSR count). The molecule has 0 aliphatic carbocycles. The highest BCUT2D eigenvalue weighted by molar-refractivity contribution is 5.79. The maximum Gasteiger partial charge on any atom is 0.236 e. The summed E-state index contributed by atoms with van der Waals surface area (Å²) < 4.78 is 5.54. The van der Waals surface area contributed by atoms with Gasteiger partial charge in [0, 0.05) is 56.1 Å². The summed E-state index contributed by atoms with van der Waals surface area (Å²) in [5.74, 6) is 0.945.